The van der Waals surface area contributed by atoms with Crippen LogP contribution in [0.5, 0.6) is 0 Å². The van der Waals surface area contributed by atoms with Gasteiger partial charge in [0.05, 0.1) is 6.61 Å². The largest absolute Gasteiger partial charge is 0.444 e. The van der Waals surface area contributed by atoms with Crippen molar-refractivity contribution < 1.29 is 19.1 Å². The maximum absolute atomic E-state index is 11.6. The van der Waals surface area contributed by atoms with Gasteiger partial charge in [-0.15, -0.1) is 0 Å². The molecule has 2 heterocycles. The fourth-order valence-corrected chi connectivity index (χ4v) is 1.81. The second-order valence-electron chi connectivity index (χ2n) is 3.81. The predicted molar refractivity (Wildman–Crippen MR) is 59.1 cm³/mol. The topological polar surface area (TPSA) is 71.7 Å². The average Bonchev–Trinajstić information content (AvgIpc) is 2.85. The van der Waals surface area contributed by atoms with Crippen LogP contribution in [-0.2, 0) is 4.74 Å². The van der Waals surface area contributed by atoms with Crippen LogP contribution in [0.2, 0.25) is 0 Å². The van der Waals surface area contributed by atoms with E-state index in [1.165, 1.54) is 0 Å². The number of halogens is 1. The number of furan rings is 1. The van der Waals surface area contributed by atoms with Crippen molar-refractivity contribution in [3.05, 3.63) is 22.6 Å². The highest BCUT2D eigenvalue weighted by Crippen LogP contribution is 2.18. The summed E-state index contributed by atoms with van der Waals surface area (Å²) in [5.74, 6) is -0.125. The van der Waals surface area contributed by atoms with E-state index in [1.807, 2.05) is 0 Å². The highest BCUT2D eigenvalue weighted by atomic mass is 79.9. The molecule has 5 nitrogen and oxygen atoms in total. The van der Waals surface area contributed by atoms with Gasteiger partial charge in [0, 0.05) is 19.6 Å². The van der Waals surface area contributed by atoms with Crippen molar-refractivity contribution in [3.8, 4) is 0 Å². The number of aliphatic hydroxyl groups is 1. The lowest BCUT2D eigenvalue weighted by Gasteiger charge is -2.20. The first-order valence-corrected chi connectivity index (χ1v) is 5.72. The molecule has 0 bridgehead atoms. The zero-order valence-electron chi connectivity index (χ0n) is 8.53. The van der Waals surface area contributed by atoms with Gasteiger partial charge >= 0.3 is 0 Å². The Labute approximate surface area is 101 Å². The molecular weight excluding hydrogens is 278 g/mol. The summed E-state index contributed by atoms with van der Waals surface area (Å²) in [6, 6.07) is 3.21. The third-order valence-electron chi connectivity index (χ3n) is 2.46. The highest BCUT2D eigenvalue weighted by Gasteiger charge is 2.32. The van der Waals surface area contributed by atoms with Crippen LogP contribution >= 0.6 is 15.9 Å². The van der Waals surface area contributed by atoms with Crippen molar-refractivity contribution in [2.24, 2.45) is 0 Å². The first-order valence-electron chi connectivity index (χ1n) is 4.93. The van der Waals surface area contributed by atoms with Crippen molar-refractivity contribution in [2.45, 2.75) is 12.0 Å². The molecule has 1 aliphatic heterocycles. The number of rotatable bonds is 3. The number of hydrogen-bond donors (Lipinski definition) is 2. The second kappa shape index (κ2) is 4.57. The van der Waals surface area contributed by atoms with Crippen LogP contribution in [0, 0.1) is 0 Å². The Morgan fingerprint density at radius 2 is 2.44 bits per heavy atom. The van der Waals surface area contributed by atoms with Crippen LogP contribution in [0.15, 0.2) is 21.2 Å². The molecule has 0 spiro atoms. The molecule has 1 aromatic rings. The Hall–Kier alpha value is -0.850. The van der Waals surface area contributed by atoms with E-state index in [-0.39, 0.29) is 24.8 Å². The fourth-order valence-electron chi connectivity index (χ4n) is 1.50. The molecule has 0 aliphatic carbocycles. The summed E-state index contributed by atoms with van der Waals surface area (Å²) >= 11 is 3.11. The van der Waals surface area contributed by atoms with E-state index in [0.29, 0.717) is 17.7 Å². The molecule has 1 amide bonds. The molecule has 0 aromatic carbocycles. The monoisotopic (exact) mass is 289 g/mol. The first kappa shape index (κ1) is 11.6. The minimum absolute atomic E-state index is 0.171. The summed E-state index contributed by atoms with van der Waals surface area (Å²) in [6.45, 7) is 0.956. The van der Waals surface area contributed by atoms with Crippen molar-refractivity contribution in [2.75, 3.05) is 19.8 Å². The number of amides is 1. The molecule has 2 rings (SSSR count). The lowest BCUT2D eigenvalue weighted by molar-refractivity contribution is 0.0261. The number of carbonyl (C=O) groups is 1. The van der Waals surface area contributed by atoms with Crippen molar-refractivity contribution >= 4 is 21.8 Å². The van der Waals surface area contributed by atoms with Crippen LogP contribution in [0.4, 0.5) is 0 Å². The SMILES string of the molecule is O=C(NC[C@@]1(O)CCOC1)c1ccc(Br)o1. The van der Waals surface area contributed by atoms with Crippen LogP contribution in [0.25, 0.3) is 0 Å². The van der Waals surface area contributed by atoms with Gasteiger partial charge in [-0.3, -0.25) is 4.79 Å². The lowest BCUT2D eigenvalue weighted by Crippen LogP contribution is -2.43. The minimum Gasteiger partial charge on any atom is -0.444 e. The normalized spacial score (nSPS) is 24.6. The first-order chi connectivity index (χ1) is 7.59. The number of hydrogen-bond acceptors (Lipinski definition) is 4. The number of ether oxygens (including phenoxy) is 1. The molecular formula is C10H12BrNO4. The van der Waals surface area contributed by atoms with Gasteiger partial charge in [-0.25, -0.2) is 0 Å². The van der Waals surface area contributed by atoms with Gasteiger partial charge in [0.2, 0.25) is 0 Å². The fraction of sp³-hybridized carbons (Fsp3) is 0.500. The van der Waals surface area contributed by atoms with Gasteiger partial charge < -0.3 is 19.6 Å². The molecule has 2 N–H and O–H groups in total. The molecule has 1 fully saturated rings. The molecule has 0 saturated carbocycles. The summed E-state index contributed by atoms with van der Waals surface area (Å²) < 4.78 is 10.7. The minimum atomic E-state index is -0.945. The van der Waals surface area contributed by atoms with Crippen LogP contribution in [0.1, 0.15) is 17.0 Å². The van der Waals surface area contributed by atoms with Crippen LogP contribution < -0.4 is 5.32 Å². The number of nitrogens with one attached hydrogen (secondary N) is 1. The predicted octanol–water partition coefficient (Wildman–Crippen LogP) is 0.923. The summed E-state index contributed by atoms with van der Waals surface area (Å²) in [5, 5.41) is 12.5. The summed E-state index contributed by atoms with van der Waals surface area (Å²) in [4.78, 5) is 11.6. The Morgan fingerprint density at radius 3 is 3.00 bits per heavy atom. The standard InChI is InChI=1S/C10H12BrNO4/c11-8-2-1-7(16-8)9(13)12-5-10(14)3-4-15-6-10/h1-2,14H,3-6H2,(H,12,13)/t10-/m0/s1. The van der Waals surface area contributed by atoms with Crippen molar-refractivity contribution in [1.82, 2.24) is 5.32 Å². The van der Waals surface area contributed by atoms with Crippen molar-refractivity contribution in [3.63, 3.8) is 0 Å². The van der Waals surface area contributed by atoms with Gasteiger partial charge in [-0.05, 0) is 28.1 Å². The molecule has 6 heteroatoms. The molecule has 0 radical (unpaired) electrons. The molecule has 0 unspecified atom stereocenters. The Kier molecular flexibility index (Phi) is 3.32. The summed E-state index contributed by atoms with van der Waals surface area (Å²) in [7, 11) is 0. The van der Waals surface area contributed by atoms with Crippen LogP contribution in [-0.4, -0.2) is 36.4 Å². The smallest absolute Gasteiger partial charge is 0.287 e. The summed E-state index contributed by atoms with van der Waals surface area (Å²) in [6.07, 6.45) is 0.537. The Bertz CT molecular complexity index is 384. The molecule has 1 aromatic heterocycles. The molecule has 1 saturated heterocycles. The summed E-state index contributed by atoms with van der Waals surface area (Å²) in [5.41, 5.74) is -0.945. The maximum atomic E-state index is 11.6. The molecule has 16 heavy (non-hydrogen) atoms. The zero-order chi connectivity index (χ0) is 11.6. The quantitative estimate of drug-likeness (QED) is 0.868. The van der Waals surface area contributed by atoms with Crippen molar-refractivity contribution in [1.29, 1.82) is 0 Å². The van der Waals surface area contributed by atoms with Gasteiger partial charge in [-0.1, -0.05) is 0 Å². The van der Waals surface area contributed by atoms with E-state index in [9.17, 15) is 9.90 Å². The van der Waals surface area contributed by atoms with E-state index in [1.54, 1.807) is 12.1 Å². The van der Waals surface area contributed by atoms with E-state index < -0.39 is 5.60 Å². The van der Waals surface area contributed by atoms with Gasteiger partial charge in [0.15, 0.2) is 10.4 Å². The third kappa shape index (κ3) is 2.63. The number of carbonyl (C=O) groups excluding carboxylic acids is 1. The van der Waals surface area contributed by atoms with E-state index in [0.717, 1.165) is 0 Å². The van der Waals surface area contributed by atoms with E-state index in [2.05, 4.69) is 21.2 Å². The average molecular weight is 290 g/mol. The highest BCUT2D eigenvalue weighted by molar-refractivity contribution is 9.10. The Balaban J connectivity index is 1.88. The zero-order valence-corrected chi connectivity index (χ0v) is 10.1. The molecule has 1 aliphatic rings. The molecule has 88 valence electrons. The van der Waals surface area contributed by atoms with Gasteiger partial charge in [0.25, 0.3) is 5.91 Å². The second-order valence-corrected chi connectivity index (χ2v) is 4.59. The maximum Gasteiger partial charge on any atom is 0.287 e. The van der Waals surface area contributed by atoms with Crippen LogP contribution in [0.3, 0.4) is 0 Å². The molecule has 1 atom stereocenters. The third-order valence-corrected chi connectivity index (χ3v) is 2.88. The lowest BCUT2D eigenvalue weighted by atomic mass is 10.0. The van der Waals surface area contributed by atoms with Gasteiger partial charge in [0.1, 0.15) is 5.60 Å². The van der Waals surface area contributed by atoms with Gasteiger partial charge in [-0.2, -0.15) is 0 Å². The van der Waals surface area contributed by atoms with E-state index in [4.69, 9.17) is 9.15 Å². The van der Waals surface area contributed by atoms with E-state index >= 15 is 0 Å². The Morgan fingerprint density at radius 1 is 1.62 bits per heavy atom.